The van der Waals surface area contributed by atoms with Gasteiger partial charge in [-0.3, -0.25) is 0 Å². The molecule has 1 aromatic rings. The Morgan fingerprint density at radius 2 is 1.57 bits per heavy atom. The molecule has 2 atom stereocenters. The van der Waals surface area contributed by atoms with Crippen molar-refractivity contribution in [3.63, 3.8) is 0 Å². The molecule has 0 radical (unpaired) electrons. The Hall–Kier alpha value is -1.02. The molecule has 2 saturated carbocycles. The first-order valence-electron chi connectivity index (χ1n) is 8.45. The van der Waals surface area contributed by atoms with Gasteiger partial charge < -0.3 is 9.84 Å². The molecule has 2 fully saturated rings. The Morgan fingerprint density at radius 3 is 2.10 bits per heavy atom. The SMILES string of the molecule is Cc1cc(C)c(OC2CC(O)C23CCCCCC3)c(C)c1. The van der Waals surface area contributed by atoms with Gasteiger partial charge in [-0.2, -0.15) is 0 Å². The molecule has 0 aromatic heterocycles. The van der Waals surface area contributed by atoms with Crippen molar-refractivity contribution < 1.29 is 9.84 Å². The van der Waals surface area contributed by atoms with Crippen molar-refractivity contribution in [2.24, 2.45) is 5.41 Å². The second-order valence-corrected chi connectivity index (χ2v) is 7.23. The number of hydrogen-bond acceptors (Lipinski definition) is 2. The normalized spacial score (nSPS) is 28.0. The highest BCUT2D eigenvalue weighted by molar-refractivity contribution is 5.43. The first-order chi connectivity index (χ1) is 10.0. The Kier molecular flexibility index (Phi) is 4.00. The quantitative estimate of drug-likeness (QED) is 0.870. The highest BCUT2D eigenvalue weighted by atomic mass is 16.5. The molecule has 21 heavy (non-hydrogen) atoms. The van der Waals surface area contributed by atoms with Gasteiger partial charge in [-0.15, -0.1) is 0 Å². The fraction of sp³-hybridized carbons (Fsp3) is 0.684. The average molecular weight is 288 g/mol. The minimum atomic E-state index is -0.160. The molecule has 2 aliphatic rings. The van der Waals surface area contributed by atoms with Gasteiger partial charge in [-0.1, -0.05) is 43.4 Å². The smallest absolute Gasteiger partial charge is 0.125 e. The molecule has 116 valence electrons. The summed E-state index contributed by atoms with van der Waals surface area (Å²) >= 11 is 0. The molecule has 2 aliphatic carbocycles. The standard InChI is InChI=1S/C19H28O2/c1-13-10-14(2)18(15(3)11-13)21-17-12-16(20)19(17)8-6-4-5-7-9-19/h10-11,16-17,20H,4-9,12H2,1-3H3. The summed E-state index contributed by atoms with van der Waals surface area (Å²) in [7, 11) is 0. The van der Waals surface area contributed by atoms with E-state index in [4.69, 9.17) is 4.74 Å². The number of benzene rings is 1. The number of rotatable bonds is 2. The number of aliphatic hydroxyl groups is 1. The van der Waals surface area contributed by atoms with E-state index in [0.717, 1.165) is 25.0 Å². The number of ether oxygens (including phenoxy) is 1. The van der Waals surface area contributed by atoms with Crippen molar-refractivity contribution in [1.29, 1.82) is 0 Å². The zero-order chi connectivity index (χ0) is 15.0. The molecular formula is C19H28O2. The van der Waals surface area contributed by atoms with Crippen LogP contribution in [0.3, 0.4) is 0 Å². The molecule has 0 saturated heterocycles. The molecule has 0 amide bonds. The van der Waals surface area contributed by atoms with Gasteiger partial charge in [0.2, 0.25) is 0 Å². The minimum Gasteiger partial charge on any atom is -0.489 e. The molecule has 2 unspecified atom stereocenters. The van der Waals surface area contributed by atoms with Gasteiger partial charge in [-0.05, 0) is 44.7 Å². The summed E-state index contributed by atoms with van der Waals surface area (Å²) in [6.07, 6.45) is 8.19. The van der Waals surface area contributed by atoms with E-state index in [0.29, 0.717) is 0 Å². The lowest BCUT2D eigenvalue weighted by atomic mass is 9.59. The molecule has 2 heteroatoms. The molecule has 0 heterocycles. The fourth-order valence-electron chi connectivity index (χ4n) is 4.43. The highest BCUT2D eigenvalue weighted by Crippen LogP contribution is 2.52. The minimum absolute atomic E-state index is 0.0280. The van der Waals surface area contributed by atoms with E-state index in [1.165, 1.54) is 42.4 Å². The lowest BCUT2D eigenvalue weighted by Crippen LogP contribution is -2.59. The first-order valence-corrected chi connectivity index (χ1v) is 8.45. The average Bonchev–Trinajstić information content (AvgIpc) is 2.69. The summed E-state index contributed by atoms with van der Waals surface area (Å²) in [6, 6.07) is 4.38. The monoisotopic (exact) mass is 288 g/mol. The van der Waals surface area contributed by atoms with E-state index in [1.807, 2.05) is 0 Å². The van der Waals surface area contributed by atoms with E-state index in [9.17, 15) is 5.11 Å². The van der Waals surface area contributed by atoms with E-state index in [2.05, 4.69) is 32.9 Å². The zero-order valence-corrected chi connectivity index (χ0v) is 13.6. The van der Waals surface area contributed by atoms with Gasteiger partial charge in [0.05, 0.1) is 6.10 Å². The maximum atomic E-state index is 10.4. The van der Waals surface area contributed by atoms with Crippen LogP contribution in [0.1, 0.15) is 61.6 Å². The first kappa shape index (κ1) is 14.9. The Balaban J connectivity index is 1.82. The summed E-state index contributed by atoms with van der Waals surface area (Å²) < 4.78 is 6.43. The van der Waals surface area contributed by atoms with Crippen LogP contribution in [0.2, 0.25) is 0 Å². The van der Waals surface area contributed by atoms with Crippen LogP contribution in [0.4, 0.5) is 0 Å². The number of aliphatic hydroxyl groups excluding tert-OH is 1. The summed E-state index contributed by atoms with van der Waals surface area (Å²) in [5, 5.41) is 10.4. The van der Waals surface area contributed by atoms with Gasteiger partial charge >= 0.3 is 0 Å². The van der Waals surface area contributed by atoms with Gasteiger partial charge in [0.25, 0.3) is 0 Å². The molecule has 3 rings (SSSR count). The number of aryl methyl sites for hydroxylation is 3. The van der Waals surface area contributed by atoms with Crippen molar-refractivity contribution in [2.45, 2.75) is 77.9 Å². The molecule has 0 aliphatic heterocycles. The second-order valence-electron chi connectivity index (χ2n) is 7.23. The van der Waals surface area contributed by atoms with Crippen LogP contribution in [0.15, 0.2) is 12.1 Å². The zero-order valence-electron chi connectivity index (χ0n) is 13.6. The Labute approximate surface area is 128 Å². The fourth-order valence-corrected chi connectivity index (χ4v) is 4.43. The Morgan fingerprint density at radius 1 is 1.00 bits per heavy atom. The molecular weight excluding hydrogens is 260 g/mol. The highest BCUT2D eigenvalue weighted by Gasteiger charge is 2.55. The number of hydrogen-bond donors (Lipinski definition) is 1. The van der Waals surface area contributed by atoms with Gasteiger partial charge in [0, 0.05) is 11.8 Å². The lowest BCUT2D eigenvalue weighted by molar-refractivity contribution is -0.163. The summed E-state index contributed by atoms with van der Waals surface area (Å²) in [5.74, 6) is 1.04. The third kappa shape index (κ3) is 2.59. The molecule has 2 nitrogen and oxygen atoms in total. The maximum absolute atomic E-state index is 10.4. The van der Waals surface area contributed by atoms with Crippen LogP contribution < -0.4 is 4.74 Å². The van der Waals surface area contributed by atoms with Crippen molar-refractivity contribution in [1.82, 2.24) is 0 Å². The Bertz CT molecular complexity index is 489. The molecule has 1 N–H and O–H groups in total. The van der Waals surface area contributed by atoms with E-state index in [-0.39, 0.29) is 17.6 Å². The summed E-state index contributed by atoms with van der Waals surface area (Å²) in [5.41, 5.74) is 3.76. The van der Waals surface area contributed by atoms with Crippen LogP contribution in [0.25, 0.3) is 0 Å². The second kappa shape index (κ2) is 5.64. The van der Waals surface area contributed by atoms with E-state index < -0.39 is 0 Å². The summed E-state index contributed by atoms with van der Waals surface area (Å²) in [4.78, 5) is 0. The van der Waals surface area contributed by atoms with Crippen LogP contribution >= 0.6 is 0 Å². The van der Waals surface area contributed by atoms with Crippen LogP contribution in [0, 0.1) is 26.2 Å². The largest absolute Gasteiger partial charge is 0.489 e. The van der Waals surface area contributed by atoms with Crippen LogP contribution in [-0.2, 0) is 0 Å². The molecule has 0 bridgehead atoms. The van der Waals surface area contributed by atoms with Crippen molar-refractivity contribution in [3.05, 3.63) is 28.8 Å². The van der Waals surface area contributed by atoms with Crippen molar-refractivity contribution in [2.75, 3.05) is 0 Å². The van der Waals surface area contributed by atoms with E-state index in [1.54, 1.807) is 0 Å². The summed E-state index contributed by atoms with van der Waals surface area (Å²) in [6.45, 7) is 6.39. The van der Waals surface area contributed by atoms with Crippen LogP contribution in [-0.4, -0.2) is 17.3 Å². The van der Waals surface area contributed by atoms with Crippen molar-refractivity contribution >= 4 is 0 Å². The molecule has 1 aromatic carbocycles. The van der Waals surface area contributed by atoms with Crippen LogP contribution in [0.5, 0.6) is 5.75 Å². The third-order valence-electron chi connectivity index (χ3n) is 5.64. The third-order valence-corrected chi connectivity index (χ3v) is 5.64. The lowest BCUT2D eigenvalue weighted by Gasteiger charge is -2.53. The van der Waals surface area contributed by atoms with Gasteiger partial charge in [0.1, 0.15) is 11.9 Å². The van der Waals surface area contributed by atoms with E-state index >= 15 is 0 Å². The predicted octanol–water partition coefficient (Wildman–Crippen LogP) is 4.46. The predicted molar refractivity (Wildman–Crippen MR) is 85.8 cm³/mol. The molecule has 1 spiro atoms. The van der Waals surface area contributed by atoms with Crippen molar-refractivity contribution in [3.8, 4) is 5.75 Å². The van der Waals surface area contributed by atoms with Gasteiger partial charge in [-0.25, -0.2) is 0 Å². The van der Waals surface area contributed by atoms with Gasteiger partial charge in [0.15, 0.2) is 0 Å². The maximum Gasteiger partial charge on any atom is 0.125 e. The topological polar surface area (TPSA) is 29.5 Å².